The fourth-order valence-electron chi connectivity index (χ4n) is 1.27. The molecule has 1 rings (SSSR count). The number of nitrogens with one attached hydrogen (secondary N) is 1. The molecule has 1 amide bonds. The Bertz CT molecular complexity index is 394. The summed E-state index contributed by atoms with van der Waals surface area (Å²) < 4.78 is 26.2. The Labute approximate surface area is 92.6 Å². The third kappa shape index (κ3) is 3.00. The summed E-state index contributed by atoms with van der Waals surface area (Å²) in [4.78, 5) is 11.3. The van der Waals surface area contributed by atoms with Crippen LogP contribution in [0, 0.1) is 11.6 Å². The van der Waals surface area contributed by atoms with Crippen LogP contribution in [-0.4, -0.2) is 11.9 Å². The van der Waals surface area contributed by atoms with Crippen molar-refractivity contribution in [3.63, 3.8) is 0 Å². The van der Waals surface area contributed by atoms with Crippen molar-refractivity contribution in [1.82, 2.24) is 5.32 Å². The Hall–Kier alpha value is -1.49. The molecule has 0 aliphatic heterocycles. The first kappa shape index (κ1) is 12.6. The minimum Gasteiger partial charge on any atom is -0.348 e. The molecule has 3 nitrogen and oxygen atoms in total. The van der Waals surface area contributed by atoms with Crippen LogP contribution in [0.4, 0.5) is 8.78 Å². The first-order valence-corrected chi connectivity index (χ1v) is 4.92. The van der Waals surface area contributed by atoms with Crippen molar-refractivity contribution in [1.29, 1.82) is 0 Å². The molecule has 1 aromatic carbocycles. The first-order valence-electron chi connectivity index (χ1n) is 4.92. The average Bonchev–Trinajstić information content (AvgIpc) is 2.21. The highest BCUT2D eigenvalue weighted by Crippen LogP contribution is 2.17. The number of hydrogen-bond acceptors (Lipinski definition) is 2. The molecule has 3 N–H and O–H groups in total. The molecule has 0 aliphatic rings. The summed E-state index contributed by atoms with van der Waals surface area (Å²) in [6, 6.07) is 1.81. The van der Waals surface area contributed by atoms with E-state index in [0.29, 0.717) is 0 Å². The van der Waals surface area contributed by atoms with E-state index in [0.717, 1.165) is 18.2 Å². The van der Waals surface area contributed by atoms with Crippen LogP contribution in [0.2, 0.25) is 0 Å². The average molecular weight is 228 g/mol. The van der Waals surface area contributed by atoms with Crippen molar-refractivity contribution in [3.8, 4) is 0 Å². The van der Waals surface area contributed by atoms with Crippen LogP contribution in [0.5, 0.6) is 0 Å². The molecule has 0 saturated heterocycles. The highest BCUT2D eigenvalue weighted by atomic mass is 19.1. The minimum atomic E-state index is -0.681. The predicted molar refractivity (Wildman–Crippen MR) is 56.6 cm³/mol. The molecular formula is C11H14F2N2O. The van der Waals surface area contributed by atoms with Crippen LogP contribution < -0.4 is 11.1 Å². The van der Waals surface area contributed by atoms with Gasteiger partial charge in [0.15, 0.2) is 0 Å². The summed E-state index contributed by atoms with van der Waals surface area (Å²) in [5.74, 6) is -1.51. The van der Waals surface area contributed by atoms with Crippen LogP contribution in [0.3, 0.4) is 0 Å². The van der Waals surface area contributed by atoms with Gasteiger partial charge in [0.1, 0.15) is 11.6 Å². The smallest absolute Gasteiger partial charge is 0.237 e. The lowest BCUT2D eigenvalue weighted by Crippen LogP contribution is -2.39. The van der Waals surface area contributed by atoms with Gasteiger partial charge in [0, 0.05) is 5.56 Å². The van der Waals surface area contributed by atoms with Crippen molar-refractivity contribution in [2.24, 2.45) is 5.73 Å². The van der Waals surface area contributed by atoms with Gasteiger partial charge in [-0.25, -0.2) is 8.78 Å². The monoisotopic (exact) mass is 228 g/mol. The van der Waals surface area contributed by atoms with E-state index in [1.54, 1.807) is 6.92 Å². The van der Waals surface area contributed by atoms with Gasteiger partial charge >= 0.3 is 0 Å². The lowest BCUT2D eigenvalue weighted by molar-refractivity contribution is -0.122. The van der Waals surface area contributed by atoms with E-state index in [1.807, 2.05) is 0 Å². The largest absolute Gasteiger partial charge is 0.348 e. The zero-order valence-electron chi connectivity index (χ0n) is 9.13. The molecule has 0 aromatic heterocycles. The van der Waals surface area contributed by atoms with E-state index in [1.165, 1.54) is 6.92 Å². The molecule has 1 aromatic rings. The quantitative estimate of drug-likeness (QED) is 0.823. The maximum absolute atomic E-state index is 13.3. The highest BCUT2D eigenvalue weighted by molar-refractivity contribution is 5.81. The molecule has 0 spiro atoms. The van der Waals surface area contributed by atoms with Gasteiger partial charge in [-0.05, 0) is 32.0 Å². The second kappa shape index (κ2) is 5.03. The van der Waals surface area contributed by atoms with E-state index in [2.05, 4.69) is 5.32 Å². The van der Waals surface area contributed by atoms with Crippen molar-refractivity contribution < 1.29 is 13.6 Å². The lowest BCUT2D eigenvalue weighted by atomic mass is 10.1. The molecule has 0 fully saturated rings. The van der Waals surface area contributed by atoms with Crippen molar-refractivity contribution in [2.45, 2.75) is 25.9 Å². The standard InChI is InChI=1S/C11H14F2N2O/c1-6(14)11(16)15-7(2)9-5-8(12)3-4-10(9)13/h3-7H,14H2,1-2H3,(H,15,16)/t6-,7?/m1/s1. The second-order valence-electron chi connectivity index (χ2n) is 3.68. The molecule has 88 valence electrons. The molecule has 0 radical (unpaired) electrons. The van der Waals surface area contributed by atoms with E-state index >= 15 is 0 Å². The number of halogens is 2. The Morgan fingerprint density at radius 1 is 1.38 bits per heavy atom. The molecule has 0 aliphatic carbocycles. The maximum atomic E-state index is 13.3. The Kier molecular flexibility index (Phi) is 3.95. The lowest BCUT2D eigenvalue weighted by Gasteiger charge is -2.16. The Balaban J connectivity index is 2.84. The van der Waals surface area contributed by atoms with Crippen LogP contribution in [0.1, 0.15) is 25.5 Å². The summed E-state index contributed by atoms with van der Waals surface area (Å²) in [7, 11) is 0. The second-order valence-corrected chi connectivity index (χ2v) is 3.68. The zero-order valence-corrected chi connectivity index (χ0v) is 9.13. The van der Waals surface area contributed by atoms with E-state index in [4.69, 9.17) is 5.73 Å². The van der Waals surface area contributed by atoms with Crippen LogP contribution in [0.25, 0.3) is 0 Å². The van der Waals surface area contributed by atoms with Crippen molar-refractivity contribution in [2.75, 3.05) is 0 Å². The summed E-state index contributed by atoms with van der Waals surface area (Å²) in [5, 5.41) is 2.49. The molecule has 0 saturated carbocycles. The number of carbonyl (C=O) groups is 1. The summed E-state index contributed by atoms with van der Waals surface area (Å²) in [6.45, 7) is 3.09. The minimum absolute atomic E-state index is 0.106. The fraction of sp³-hybridized carbons (Fsp3) is 0.364. The Morgan fingerprint density at radius 2 is 2.00 bits per heavy atom. The number of rotatable bonds is 3. The molecule has 0 bridgehead atoms. The van der Waals surface area contributed by atoms with E-state index in [9.17, 15) is 13.6 Å². The molecular weight excluding hydrogens is 214 g/mol. The van der Waals surface area contributed by atoms with Gasteiger partial charge in [-0.2, -0.15) is 0 Å². The van der Waals surface area contributed by atoms with Gasteiger partial charge in [0.25, 0.3) is 0 Å². The maximum Gasteiger partial charge on any atom is 0.237 e. The summed E-state index contributed by atoms with van der Waals surface area (Å²) >= 11 is 0. The molecule has 16 heavy (non-hydrogen) atoms. The highest BCUT2D eigenvalue weighted by Gasteiger charge is 2.16. The van der Waals surface area contributed by atoms with Gasteiger partial charge < -0.3 is 11.1 Å². The topological polar surface area (TPSA) is 55.1 Å². The number of nitrogens with two attached hydrogens (primary N) is 1. The van der Waals surface area contributed by atoms with E-state index < -0.39 is 29.6 Å². The number of hydrogen-bond donors (Lipinski definition) is 2. The van der Waals surface area contributed by atoms with E-state index in [-0.39, 0.29) is 5.56 Å². The predicted octanol–water partition coefficient (Wildman–Crippen LogP) is 1.49. The molecule has 5 heteroatoms. The summed E-state index contributed by atoms with van der Waals surface area (Å²) in [5.41, 5.74) is 5.46. The fourth-order valence-corrected chi connectivity index (χ4v) is 1.27. The third-order valence-corrected chi connectivity index (χ3v) is 2.20. The van der Waals surface area contributed by atoms with Crippen LogP contribution >= 0.6 is 0 Å². The number of amides is 1. The third-order valence-electron chi connectivity index (χ3n) is 2.20. The molecule has 2 atom stereocenters. The zero-order chi connectivity index (χ0) is 12.3. The molecule has 1 unspecified atom stereocenters. The van der Waals surface area contributed by atoms with Crippen molar-refractivity contribution >= 4 is 5.91 Å². The normalized spacial score (nSPS) is 14.3. The molecule has 0 heterocycles. The van der Waals surface area contributed by atoms with Crippen LogP contribution in [-0.2, 0) is 4.79 Å². The van der Waals surface area contributed by atoms with Crippen LogP contribution in [0.15, 0.2) is 18.2 Å². The summed E-state index contributed by atoms with van der Waals surface area (Å²) in [6.07, 6.45) is 0. The van der Waals surface area contributed by atoms with Gasteiger partial charge in [-0.15, -0.1) is 0 Å². The van der Waals surface area contributed by atoms with Gasteiger partial charge in [-0.3, -0.25) is 4.79 Å². The van der Waals surface area contributed by atoms with Gasteiger partial charge in [-0.1, -0.05) is 0 Å². The number of benzene rings is 1. The van der Waals surface area contributed by atoms with Gasteiger partial charge in [0.05, 0.1) is 12.1 Å². The van der Waals surface area contributed by atoms with Crippen molar-refractivity contribution in [3.05, 3.63) is 35.4 Å². The SMILES string of the molecule is CC(NC(=O)[C@@H](C)N)c1cc(F)ccc1F. The number of carbonyl (C=O) groups excluding carboxylic acids is 1. The first-order chi connectivity index (χ1) is 7.41. The van der Waals surface area contributed by atoms with Gasteiger partial charge in [0.2, 0.25) is 5.91 Å². The Morgan fingerprint density at radius 3 is 2.56 bits per heavy atom.